The Morgan fingerprint density at radius 3 is 2.68 bits per heavy atom. The van der Waals surface area contributed by atoms with Gasteiger partial charge in [-0.15, -0.1) is 11.3 Å². The summed E-state index contributed by atoms with van der Waals surface area (Å²) in [6.07, 6.45) is 0.979. The van der Waals surface area contributed by atoms with Crippen LogP contribution >= 0.6 is 11.3 Å². The van der Waals surface area contributed by atoms with Gasteiger partial charge in [0, 0.05) is 31.1 Å². The second-order valence-corrected chi connectivity index (χ2v) is 7.72. The Morgan fingerprint density at radius 1 is 1.21 bits per heavy atom. The minimum Gasteiger partial charge on any atom is -0.379 e. The third-order valence-corrected chi connectivity index (χ3v) is 5.69. The Hall–Kier alpha value is -1.96. The zero-order valence-corrected chi connectivity index (χ0v) is 17.2. The number of hydrogen-bond acceptors (Lipinski definition) is 4. The van der Waals surface area contributed by atoms with Crippen LogP contribution in [0, 0.1) is 5.82 Å². The van der Waals surface area contributed by atoms with Crippen molar-refractivity contribution in [1.29, 1.82) is 0 Å². The van der Waals surface area contributed by atoms with E-state index in [0.717, 1.165) is 57.3 Å². The predicted molar refractivity (Wildman–Crippen MR) is 114 cm³/mol. The topological polar surface area (TPSA) is 48.9 Å². The average molecular weight is 405 g/mol. The second-order valence-electron chi connectivity index (χ2n) is 6.69. The number of hydrogen-bond donors (Lipinski definition) is 2. The first-order chi connectivity index (χ1) is 13.8. The number of nitrogens with one attached hydrogen (secondary N) is 2. The number of thiophene rings is 1. The molecule has 152 valence electrons. The van der Waals surface area contributed by atoms with Crippen molar-refractivity contribution in [3.05, 3.63) is 58.0 Å². The van der Waals surface area contributed by atoms with Crippen LogP contribution in [0.3, 0.4) is 0 Å². The molecule has 2 heterocycles. The van der Waals surface area contributed by atoms with Gasteiger partial charge in [-0.05, 0) is 42.5 Å². The molecule has 1 aromatic carbocycles. The van der Waals surface area contributed by atoms with E-state index in [0.29, 0.717) is 6.54 Å². The van der Waals surface area contributed by atoms with Gasteiger partial charge in [-0.2, -0.15) is 0 Å². The van der Waals surface area contributed by atoms with Crippen LogP contribution in [-0.4, -0.2) is 56.8 Å². The highest BCUT2D eigenvalue weighted by Crippen LogP contribution is 2.22. The van der Waals surface area contributed by atoms with E-state index in [4.69, 9.17) is 9.73 Å². The minimum absolute atomic E-state index is 0.109. The molecule has 1 saturated heterocycles. The van der Waals surface area contributed by atoms with Gasteiger partial charge < -0.3 is 15.4 Å². The van der Waals surface area contributed by atoms with E-state index in [1.807, 2.05) is 12.1 Å². The smallest absolute Gasteiger partial charge is 0.191 e. The van der Waals surface area contributed by atoms with E-state index >= 15 is 0 Å². The molecule has 3 rings (SSSR count). The monoisotopic (exact) mass is 404 g/mol. The Labute approximate surface area is 170 Å². The lowest BCUT2D eigenvalue weighted by atomic mass is 10.0. The second kappa shape index (κ2) is 11.1. The van der Waals surface area contributed by atoms with Crippen LogP contribution in [-0.2, 0) is 11.2 Å². The van der Waals surface area contributed by atoms with Crippen LogP contribution in [0.2, 0.25) is 0 Å². The summed E-state index contributed by atoms with van der Waals surface area (Å²) < 4.78 is 18.9. The molecule has 0 amide bonds. The van der Waals surface area contributed by atoms with Gasteiger partial charge in [-0.25, -0.2) is 4.39 Å². The first-order valence-corrected chi connectivity index (χ1v) is 10.8. The maximum atomic E-state index is 13.4. The molecule has 5 nitrogen and oxygen atoms in total. The Morgan fingerprint density at radius 2 is 2.00 bits per heavy atom. The van der Waals surface area contributed by atoms with Crippen molar-refractivity contribution >= 4 is 17.3 Å². The van der Waals surface area contributed by atoms with Crippen molar-refractivity contribution in [2.45, 2.75) is 19.4 Å². The fourth-order valence-electron chi connectivity index (χ4n) is 3.28. The van der Waals surface area contributed by atoms with Gasteiger partial charge in [-0.3, -0.25) is 9.89 Å². The zero-order chi connectivity index (χ0) is 19.6. The summed E-state index contributed by atoms with van der Waals surface area (Å²) in [4.78, 5) is 8.56. The van der Waals surface area contributed by atoms with Gasteiger partial charge in [-0.1, -0.05) is 18.2 Å². The number of nitrogens with zero attached hydrogens (tertiary/aromatic N) is 2. The third kappa shape index (κ3) is 6.29. The van der Waals surface area contributed by atoms with E-state index in [1.54, 1.807) is 11.3 Å². The average Bonchev–Trinajstić information content (AvgIpc) is 3.24. The van der Waals surface area contributed by atoms with Crippen molar-refractivity contribution in [3.63, 3.8) is 0 Å². The van der Waals surface area contributed by atoms with E-state index in [1.165, 1.54) is 17.0 Å². The molecule has 0 bridgehead atoms. The summed E-state index contributed by atoms with van der Waals surface area (Å²) >= 11 is 1.77. The molecule has 7 heteroatoms. The summed E-state index contributed by atoms with van der Waals surface area (Å²) in [6, 6.07) is 11.1. The molecule has 0 aliphatic carbocycles. The molecule has 2 N–H and O–H groups in total. The highest BCUT2D eigenvalue weighted by atomic mass is 32.1. The van der Waals surface area contributed by atoms with Crippen LogP contribution in [0.5, 0.6) is 0 Å². The van der Waals surface area contributed by atoms with Crippen molar-refractivity contribution in [3.8, 4) is 0 Å². The summed E-state index contributed by atoms with van der Waals surface area (Å²) in [6.45, 7) is 7.49. The molecule has 1 aliphatic heterocycles. The van der Waals surface area contributed by atoms with E-state index in [9.17, 15) is 4.39 Å². The number of guanidine groups is 1. The number of aliphatic imine (C=N–C) groups is 1. The molecule has 1 atom stereocenters. The molecular formula is C21H29FN4OS. The molecule has 2 aromatic rings. The zero-order valence-electron chi connectivity index (χ0n) is 16.4. The van der Waals surface area contributed by atoms with Crippen molar-refractivity contribution < 1.29 is 9.13 Å². The molecular weight excluding hydrogens is 375 g/mol. The normalized spacial score (nSPS) is 16.7. The van der Waals surface area contributed by atoms with E-state index < -0.39 is 0 Å². The summed E-state index contributed by atoms with van der Waals surface area (Å²) in [5, 5.41) is 8.84. The van der Waals surface area contributed by atoms with Crippen LogP contribution in [0.4, 0.5) is 4.39 Å². The SMILES string of the molecule is CCNC(=NCC(c1ccc(F)cc1)N1CCOCC1)NCCc1cccs1. The van der Waals surface area contributed by atoms with Gasteiger partial charge in [0.15, 0.2) is 5.96 Å². The number of benzene rings is 1. The fraction of sp³-hybridized carbons (Fsp3) is 0.476. The van der Waals surface area contributed by atoms with Crippen LogP contribution in [0.15, 0.2) is 46.8 Å². The predicted octanol–water partition coefficient (Wildman–Crippen LogP) is 3.06. The Bertz CT molecular complexity index is 715. The third-order valence-electron chi connectivity index (χ3n) is 4.75. The molecule has 0 spiro atoms. The molecule has 1 aromatic heterocycles. The summed E-state index contributed by atoms with van der Waals surface area (Å²) in [5.74, 6) is 0.607. The highest BCUT2D eigenvalue weighted by Gasteiger charge is 2.22. The Kier molecular flexibility index (Phi) is 8.26. The quantitative estimate of drug-likeness (QED) is 0.524. The maximum absolute atomic E-state index is 13.4. The maximum Gasteiger partial charge on any atom is 0.191 e. The minimum atomic E-state index is -0.212. The molecule has 0 radical (unpaired) electrons. The Balaban J connectivity index is 1.66. The van der Waals surface area contributed by atoms with E-state index in [2.05, 4.69) is 40.0 Å². The first-order valence-electron chi connectivity index (χ1n) is 9.88. The molecule has 0 saturated carbocycles. The fourth-order valence-corrected chi connectivity index (χ4v) is 3.99. The number of morpholine rings is 1. The van der Waals surface area contributed by atoms with E-state index in [-0.39, 0.29) is 11.9 Å². The lowest BCUT2D eigenvalue weighted by molar-refractivity contribution is 0.0179. The van der Waals surface area contributed by atoms with Crippen molar-refractivity contribution in [2.75, 3.05) is 45.9 Å². The molecule has 1 unspecified atom stereocenters. The summed E-state index contributed by atoms with van der Waals surface area (Å²) in [5.41, 5.74) is 1.08. The van der Waals surface area contributed by atoms with Crippen molar-refractivity contribution in [2.24, 2.45) is 4.99 Å². The van der Waals surface area contributed by atoms with Gasteiger partial charge >= 0.3 is 0 Å². The number of rotatable bonds is 8. The molecule has 1 aliphatic rings. The summed E-state index contributed by atoms with van der Waals surface area (Å²) in [7, 11) is 0. The number of halogens is 1. The van der Waals surface area contributed by atoms with Gasteiger partial charge in [0.25, 0.3) is 0 Å². The van der Waals surface area contributed by atoms with Gasteiger partial charge in [0.2, 0.25) is 0 Å². The number of ether oxygens (including phenoxy) is 1. The van der Waals surface area contributed by atoms with Crippen LogP contribution < -0.4 is 10.6 Å². The standard InChI is InChI=1S/C21H29FN4OS/c1-2-23-21(24-10-9-19-4-3-15-28-19)25-16-20(26-11-13-27-14-12-26)17-5-7-18(22)8-6-17/h3-8,15,20H,2,9-14,16H2,1H3,(H2,23,24,25). The van der Waals surface area contributed by atoms with Gasteiger partial charge in [0.1, 0.15) is 5.82 Å². The van der Waals surface area contributed by atoms with Gasteiger partial charge in [0.05, 0.1) is 25.8 Å². The largest absolute Gasteiger partial charge is 0.379 e. The highest BCUT2D eigenvalue weighted by molar-refractivity contribution is 7.09. The van der Waals surface area contributed by atoms with Crippen molar-refractivity contribution in [1.82, 2.24) is 15.5 Å². The first kappa shape index (κ1) is 20.8. The molecule has 1 fully saturated rings. The van der Waals surface area contributed by atoms with Crippen LogP contribution in [0.25, 0.3) is 0 Å². The molecule has 28 heavy (non-hydrogen) atoms. The van der Waals surface area contributed by atoms with Crippen LogP contribution in [0.1, 0.15) is 23.4 Å². The lowest BCUT2D eigenvalue weighted by Gasteiger charge is -2.34. The lowest BCUT2D eigenvalue weighted by Crippen LogP contribution is -2.42.